The van der Waals surface area contributed by atoms with Crippen LogP contribution in [0.15, 0.2) is 12.1 Å². The van der Waals surface area contributed by atoms with Crippen LogP contribution in [0.3, 0.4) is 0 Å². The van der Waals surface area contributed by atoms with E-state index >= 15 is 0 Å². The van der Waals surface area contributed by atoms with E-state index in [-0.39, 0.29) is 38.8 Å². The van der Waals surface area contributed by atoms with E-state index in [1.165, 1.54) is 0 Å². The lowest BCUT2D eigenvalue weighted by Gasteiger charge is -2.23. The van der Waals surface area contributed by atoms with Crippen LogP contribution >= 0.6 is 15.2 Å². The molecule has 1 aromatic carbocycles. The van der Waals surface area contributed by atoms with Gasteiger partial charge in [0.05, 0.1) is 52.0 Å². The smallest absolute Gasteiger partial charge is 0.335 e. The van der Waals surface area contributed by atoms with Crippen LogP contribution in [0.2, 0.25) is 0 Å². The molecule has 1 aromatic rings. The summed E-state index contributed by atoms with van der Waals surface area (Å²) in [6.45, 7) is 13.4. The zero-order chi connectivity index (χ0) is 25.5. The van der Waals surface area contributed by atoms with Crippen LogP contribution in [-0.2, 0) is 39.5 Å². The second-order valence-electron chi connectivity index (χ2n) is 7.68. The van der Waals surface area contributed by atoms with Crippen molar-refractivity contribution in [3.05, 3.63) is 23.3 Å². The maximum Gasteiger partial charge on any atom is 0.335 e. The van der Waals surface area contributed by atoms with E-state index in [0.717, 1.165) is 25.7 Å². The Hall–Kier alpha value is -0.880. The molecule has 0 aliphatic heterocycles. The number of hydrogen-bond donors (Lipinski definition) is 0. The van der Waals surface area contributed by atoms with Gasteiger partial charge in [0.15, 0.2) is 0 Å². The van der Waals surface area contributed by atoms with Crippen molar-refractivity contribution in [3.8, 4) is 11.5 Å². The lowest BCUT2D eigenvalue weighted by molar-refractivity contribution is 0.216. The molecule has 34 heavy (non-hydrogen) atoms. The third kappa shape index (κ3) is 10.8. The molecule has 0 saturated heterocycles. The molecule has 198 valence electrons. The lowest BCUT2D eigenvalue weighted by Crippen LogP contribution is -2.08. The summed E-state index contributed by atoms with van der Waals surface area (Å²) in [4.78, 5) is 0. The number of rotatable bonds is 20. The molecule has 8 nitrogen and oxygen atoms in total. The van der Waals surface area contributed by atoms with Crippen molar-refractivity contribution in [2.24, 2.45) is 0 Å². The maximum absolute atomic E-state index is 13.3. The fraction of sp³-hybridized carbons (Fsp3) is 0.750. The third-order valence-corrected chi connectivity index (χ3v) is 8.85. The zero-order valence-corrected chi connectivity index (χ0v) is 23.6. The summed E-state index contributed by atoms with van der Waals surface area (Å²) >= 11 is 0. The Labute approximate surface area is 206 Å². The van der Waals surface area contributed by atoms with Gasteiger partial charge in [-0.3, -0.25) is 9.13 Å². The maximum atomic E-state index is 13.3. The van der Waals surface area contributed by atoms with Crippen molar-refractivity contribution in [1.82, 2.24) is 0 Å². The Bertz CT molecular complexity index is 714. The molecule has 0 fully saturated rings. The summed E-state index contributed by atoms with van der Waals surface area (Å²) in [5, 5.41) is 0. The molecule has 0 amide bonds. The first-order chi connectivity index (χ1) is 16.3. The molecule has 0 atom stereocenters. The van der Waals surface area contributed by atoms with Crippen molar-refractivity contribution in [2.75, 3.05) is 39.6 Å². The van der Waals surface area contributed by atoms with E-state index in [4.69, 9.17) is 27.6 Å². The van der Waals surface area contributed by atoms with E-state index in [9.17, 15) is 9.13 Å². The molecular weight excluding hydrogens is 478 g/mol. The van der Waals surface area contributed by atoms with E-state index in [1.807, 2.05) is 0 Å². The van der Waals surface area contributed by atoms with Crippen LogP contribution in [0.25, 0.3) is 0 Å². The van der Waals surface area contributed by atoms with Crippen molar-refractivity contribution < 1.29 is 36.7 Å². The van der Waals surface area contributed by atoms with Crippen LogP contribution in [0.1, 0.15) is 78.4 Å². The highest BCUT2D eigenvalue weighted by atomic mass is 31.2. The minimum absolute atomic E-state index is 0.0507. The molecular formula is C24H44O8P2. The van der Waals surface area contributed by atoms with Gasteiger partial charge in [-0.15, -0.1) is 0 Å². The molecule has 0 bridgehead atoms. The molecule has 0 aliphatic rings. The number of unbranched alkanes of at least 4 members (excludes halogenated alkanes) is 2. The topological polar surface area (TPSA) is 89.5 Å². The second kappa shape index (κ2) is 16.7. The fourth-order valence-electron chi connectivity index (χ4n) is 3.27. The third-order valence-electron chi connectivity index (χ3n) is 4.79. The number of benzene rings is 1. The SMILES string of the molecule is CCCCOc1cc(CP(=O)(OCC)OCC)c(OCCCC)cc1CP(=O)(OCC)OCC. The van der Waals surface area contributed by atoms with Crippen LogP contribution in [0, 0.1) is 0 Å². The summed E-state index contributed by atoms with van der Waals surface area (Å²) in [6, 6.07) is 3.61. The van der Waals surface area contributed by atoms with E-state index in [0.29, 0.717) is 35.8 Å². The van der Waals surface area contributed by atoms with Crippen molar-refractivity contribution in [3.63, 3.8) is 0 Å². The van der Waals surface area contributed by atoms with E-state index in [2.05, 4.69) is 13.8 Å². The summed E-state index contributed by atoms with van der Waals surface area (Å²) in [5.41, 5.74) is 1.33. The van der Waals surface area contributed by atoms with E-state index < -0.39 is 15.2 Å². The number of hydrogen-bond acceptors (Lipinski definition) is 8. The van der Waals surface area contributed by atoms with E-state index in [1.54, 1.807) is 39.8 Å². The normalized spacial score (nSPS) is 12.2. The molecule has 0 unspecified atom stereocenters. The Morgan fingerprint density at radius 2 is 0.912 bits per heavy atom. The molecule has 10 heteroatoms. The van der Waals surface area contributed by atoms with Gasteiger partial charge >= 0.3 is 15.2 Å². The van der Waals surface area contributed by atoms with Gasteiger partial charge in [0.25, 0.3) is 0 Å². The summed E-state index contributed by atoms with van der Waals surface area (Å²) < 4.78 is 60.8. The van der Waals surface area contributed by atoms with Gasteiger partial charge in [-0.05, 0) is 52.7 Å². The minimum Gasteiger partial charge on any atom is -0.493 e. The highest BCUT2D eigenvalue weighted by Gasteiger charge is 2.30. The monoisotopic (exact) mass is 522 g/mol. The molecule has 0 spiro atoms. The van der Waals surface area contributed by atoms with Crippen molar-refractivity contribution in [1.29, 1.82) is 0 Å². The van der Waals surface area contributed by atoms with Gasteiger partial charge in [0, 0.05) is 11.1 Å². The van der Waals surface area contributed by atoms with Gasteiger partial charge in [-0.1, -0.05) is 26.7 Å². The zero-order valence-electron chi connectivity index (χ0n) is 21.8. The Morgan fingerprint density at radius 1 is 0.588 bits per heavy atom. The second-order valence-corrected chi connectivity index (χ2v) is 11.8. The quantitative estimate of drug-likeness (QED) is 0.128. The van der Waals surface area contributed by atoms with Gasteiger partial charge in [0.1, 0.15) is 11.5 Å². The molecule has 0 heterocycles. The van der Waals surface area contributed by atoms with Gasteiger partial charge in [-0.2, -0.15) is 0 Å². The van der Waals surface area contributed by atoms with Crippen LogP contribution in [-0.4, -0.2) is 39.6 Å². The van der Waals surface area contributed by atoms with Crippen LogP contribution in [0.5, 0.6) is 11.5 Å². The number of ether oxygens (including phenoxy) is 2. The van der Waals surface area contributed by atoms with Gasteiger partial charge in [-0.25, -0.2) is 0 Å². The summed E-state index contributed by atoms with van der Waals surface area (Å²) in [5.74, 6) is 1.09. The van der Waals surface area contributed by atoms with Gasteiger partial charge < -0.3 is 27.6 Å². The van der Waals surface area contributed by atoms with Crippen LogP contribution < -0.4 is 9.47 Å². The standard InChI is InChI=1S/C24H44O8P2/c1-7-13-15-27-23-17-22(20-34(26,31-11-5)32-12-6)24(28-16-14-8-2)18-21(23)19-33(25,29-9-3)30-10-4/h17-18H,7-16,19-20H2,1-6H3. The largest absolute Gasteiger partial charge is 0.493 e. The van der Waals surface area contributed by atoms with Crippen molar-refractivity contribution >= 4 is 15.2 Å². The Balaban J connectivity index is 3.50. The first kappa shape index (κ1) is 31.2. The fourth-order valence-corrected chi connectivity index (χ4v) is 6.69. The lowest BCUT2D eigenvalue weighted by atomic mass is 10.1. The first-order valence-corrected chi connectivity index (χ1v) is 15.9. The van der Waals surface area contributed by atoms with Crippen LogP contribution in [0.4, 0.5) is 0 Å². The molecule has 0 N–H and O–H groups in total. The average molecular weight is 523 g/mol. The molecule has 0 saturated carbocycles. The predicted octanol–water partition coefficient (Wildman–Crippen LogP) is 7.58. The van der Waals surface area contributed by atoms with Gasteiger partial charge in [0.2, 0.25) is 0 Å². The summed E-state index contributed by atoms with van der Waals surface area (Å²) in [6.07, 6.45) is 3.79. The molecule has 0 aromatic heterocycles. The predicted molar refractivity (Wildman–Crippen MR) is 136 cm³/mol. The molecule has 1 rings (SSSR count). The highest BCUT2D eigenvalue weighted by molar-refractivity contribution is 7.53. The molecule has 0 radical (unpaired) electrons. The minimum atomic E-state index is -3.38. The Morgan fingerprint density at radius 3 is 1.18 bits per heavy atom. The Kier molecular flexibility index (Phi) is 15.3. The summed E-state index contributed by atoms with van der Waals surface area (Å²) in [7, 11) is -6.75. The molecule has 0 aliphatic carbocycles. The van der Waals surface area contributed by atoms with Crippen molar-refractivity contribution in [2.45, 2.75) is 79.5 Å². The first-order valence-electron chi connectivity index (χ1n) is 12.5. The highest BCUT2D eigenvalue weighted by Crippen LogP contribution is 2.55. The average Bonchev–Trinajstić information content (AvgIpc) is 2.77.